The second kappa shape index (κ2) is 7.78. The molecule has 2 aromatic carbocycles. The molecule has 1 atom stereocenters. The monoisotopic (exact) mass is 354 g/mol. The molecule has 0 bridgehead atoms. The van der Waals surface area contributed by atoms with Crippen LogP contribution in [0.2, 0.25) is 0 Å². The van der Waals surface area contributed by atoms with E-state index in [1.807, 2.05) is 30.3 Å². The van der Waals surface area contributed by atoms with Gasteiger partial charge in [0.25, 0.3) is 0 Å². The van der Waals surface area contributed by atoms with Crippen molar-refractivity contribution >= 4 is 27.7 Å². The second-order valence-electron chi connectivity index (χ2n) is 4.40. The maximum atomic E-state index is 13.6. The van der Waals surface area contributed by atoms with Gasteiger partial charge in [0, 0.05) is 21.2 Å². The number of rotatable bonds is 6. The van der Waals surface area contributed by atoms with Crippen molar-refractivity contribution in [2.45, 2.75) is 17.4 Å². The molecule has 0 saturated heterocycles. The number of nitrogens with two attached hydrogens (primary N) is 1. The van der Waals surface area contributed by atoms with Gasteiger partial charge in [0.05, 0.1) is 0 Å². The van der Waals surface area contributed by atoms with E-state index in [0.717, 1.165) is 15.1 Å². The summed E-state index contributed by atoms with van der Waals surface area (Å²) in [6.07, 6.45) is 0.570. The van der Waals surface area contributed by atoms with Crippen molar-refractivity contribution < 1.29 is 4.39 Å². The first-order valence-electron chi connectivity index (χ1n) is 6.27. The molecule has 0 aliphatic rings. The highest BCUT2D eigenvalue weighted by molar-refractivity contribution is 9.10. The molecule has 1 unspecified atom stereocenters. The first kappa shape index (κ1) is 15.5. The molecule has 2 nitrogen and oxygen atoms in total. The van der Waals surface area contributed by atoms with Gasteiger partial charge in [0.1, 0.15) is 5.82 Å². The average molecular weight is 355 g/mol. The molecule has 0 aliphatic carbocycles. The zero-order valence-electron chi connectivity index (χ0n) is 10.9. The van der Waals surface area contributed by atoms with Crippen LogP contribution in [0.5, 0.6) is 0 Å². The molecule has 0 aromatic heterocycles. The van der Waals surface area contributed by atoms with E-state index in [2.05, 4.69) is 21.4 Å². The lowest BCUT2D eigenvalue weighted by atomic mass is 10.1. The molecule has 0 heterocycles. The Balaban J connectivity index is 1.96. The largest absolute Gasteiger partial charge is 0.271 e. The third-order valence-electron chi connectivity index (χ3n) is 2.94. The summed E-state index contributed by atoms with van der Waals surface area (Å²) >= 11 is 5.21. The van der Waals surface area contributed by atoms with Crippen LogP contribution >= 0.6 is 27.7 Å². The van der Waals surface area contributed by atoms with Gasteiger partial charge in [-0.25, -0.2) is 4.39 Å². The summed E-state index contributed by atoms with van der Waals surface area (Å²) in [6.45, 7) is 0. The van der Waals surface area contributed by atoms with Gasteiger partial charge in [0.15, 0.2) is 0 Å². The van der Waals surface area contributed by atoms with Crippen molar-refractivity contribution in [2.75, 3.05) is 5.75 Å². The first-order chi connectivity index (χ1) is 9.70. The number of nitrogens with one attached hydrogen (secondary N) is 1. The van der Waals surface area contributed by atoms with Crippen molar-refractivity contribution in [1.82, 2.24) is 5.43 Å². The molecule has 0 fully saturated rings. The fourth-order valence-electron chi connectivity index (χ4n) is 1.85. The van der Waals surface area contributed by atoms with Gasteiger partial charge in [-0.15, -0.1) is 11.8 Å². The summed E-state index contributed by atoms with van der Waals surface area (Å²) in [5, 5.41) is 0. The molecule has 0 spiro atoms. The number of hydrazine groups is 1. The van der Waals surface area contributed by atoms with Crippen LogP contribution in [0.25, 0.3) is 0 Å². The normalized spacial score (nSPS) is 12.3. The van der Waals surface area contributed by atoms with Crippen LogP contribution < -0.4 is 11.3 Å². The predicted molar refractivity (Wildman–Crippen MR) is 86.1 cm³/mol. The first-order valence-corrected chi connectivity index (χ1v) is 8.05. The molecular formula is C15H16BrFN2S. The lowest BCUT2D eigenvalue weighted by molar-refractivity contribution is 0.546. The van der Waals surface area contributed by atoms with Gasteiger partial charge >= 0.3 is 0 Å². The smallest absolute Gasteiger partial charge is 0.126 e. The fourth-order valence-corrected chi connectivity index (χ4v) is 3.45. The van der Waals surface area contributed by atoms with Crippen LogP contribution in [-0.2, 0) is 6.42 Å². The zero-order valence-corrected chi connectivity index (χ0v) is 13.3. The second-order valence-corrected chi connectivity index (χ2v) is 6.32. The molecule has 0 amide bonds. The lowest BCUT2D eigenvalue weighted by Gasteiger charge is -2.16. The molecule has 2 rings (SSSR count). The highest BCUT2D eigenvalue weighted by Crippen LogP contribution is 2.27. The van der Waals surface area contributed by atoms with Gasteiger partial charge in [0.2, 0.25) is 0 Å². The molecule has 0 saturated carbocycles. The Labute approximate surface area is 131 Å². The Morgan fingerprint density at radius 2 is 1.85 bits per heavy atom. The highest BCUT2D eigenvalue weighted by atomic mass is 79.9. The summed E-state index contributed by atoms with van der Waals surface area (Å²) in [5.74, 6) is 6.16. The van der Waals surface area contributed by atoms with Crippen LogP contribution in [-0.4, -0.2) is 11.8 Å². The minimum Gasteiger partial charge on any atom is -0.271 e. The minimum absolute atomic E-state index is 0.0176. The molecular weight excluding hydrogens is 339 g/mol. The zero-order chi connectivity index (χ0) is 14.4. The molecule has 2 aromatic rings. The van der Waals surface area contributed by atoms with E-state index in [4.69, 9.17) is 5.84 Å². The topological polar surface area (TPSA) is 38.0 Å². The van der Waals surface area contributed by atoms with E-state index in [-0.39, 0.29) is 11.9 Å². The van der Waals surface area contributed by atoms with Crippen LogP contribution in [0.3, 0.4) is 0 Å². The Morgan fingerprint density at radius 3 is 2.55 bits per heavy atom. The third kappa shape index (κ3) is 4.31. The van der Waals surface area contributed by atoms with Gasteiger partial charge < -0.3 is 0 Å². The molecule has 20 heavy (non-hydrogen) atoms. The summed E-state index contributed by atoms with van der Waals surface area (Å²) in [7, 11) is 0. The van der Waals surface area contributed by atoms with Crippen molar-refractivity contribution in [3.05, 3.63) is 64.4 Å². The molecule has 106 valence electrons. The Kier molecular flexibility index (Phi) is 6.04. The van der Waals surface area contributed by atoms with E-state index in [9.17, 15) is 4.39 Å². The molecule has 0 radical (unpaired) electrons. The molecule has 0 aliphatic heterocycles. The van der Waals surface area contributed by atoms with Gasteiger partial charge in [-0.2, -0.15) is 0 Å². The Hall–Kier alpha value is -0.880. The minimum atomic E-state index is -0.182. The fraction of sp³-hybridized carbons (Fsp3) is 0.200. The van der Waals surface area contributed by atoms with Gasteiger partial charge in [-0.1, -0.05) is 30.3 Å². The number of benzene rings is 2. The SMILES string of the molecule is NNC(CSc1ccccc1Br)Cc1ccccc1F. The standard InChI is InChI=1S/C15H16BrFN2S/c16-13-6-2-4-8-15(13)20-10-12(19-18)9-11-5-1-3-7-14(11)17/h1-8,12,19H,9-10,18H2. The predicted octanol–water partition coefficient (Wildman–Crippen LogP) is 3.75. The number of hydrogen-bond donors (Lipinski definition) is 2. The van der Waals surface area contributed by atoms with E-state index in [0.29, 0.717) is 12.0 Å². The van der Waals surface area contributed by atoms with E-state index in [1.165, 1.54) is 6.07 Å². The lowest BCUT2D eigenvalue weighted by Crippen LogP contribution is -2.38. The van der Waals surface area contributed by atoms with Crippen molar-refractivity contribution in [3.8, 4) is 0 Å². The highest BCUT2D eigenvalue weighted by Gasteiger charge is 2.12. The number of halogens is 2. The summed E-state index contributed by atoms with van der Waals surface area (Å²) in [5.41, 5.74) is 3.45. The number of hydrogen-bond acceptors (Lipinski definition) is 3. The summed E-state index contributed by atoms with van der Waals surface area (Å²) in [6, 6.07) is 14.8. The van der Waals surface area contributed by atoms with E-state index in [1.54, 1.807) is 23.9 Å². The van der Waals surface area contributed by atoms with Gasteiger partial charge in [-0.05, 0) is 46.1 Å². The van der Waals surface area contributed by atoms with Crippen LogP contribution in [0.1, 0.15) is 5.56 Å². The average Bonchev–Trinajstić information content (AvgIpc) is 2.47. The van der Waals surface area contributed by atoms with Crippen LogP contribution in [0.4, 0.5) is 4.39 Å². The Morgan fingerprint density at radius 1 is 1.15 bits per heavy atom. The molecule has 3 N–H and O–H groups in total. The van der Waals surface area contributed by atoms with Crippen LogP contribution in [0, 0.1) is 5.82 Å². The quantitative estimate of drug-likeness (QED) is 0.471. The van der Waals surface area contributed by atoms with E-state index < -0.39 is 0 Å². The third-order valence-corrected chi connectivity index (χ3v) is 5.13. The van der Waals surface area contributed by atoms with Crippen molar-refractivity contribution in [3.63, 3.8) is 0 Å². The van der Waals surface area contributed by atoms with Crippen molar-refractivity contribution in [1.29, 1.82) is 0 Å². The maximum absolute atomic E-state index is 13.6. The van der Waals surface area contributed by atoms with E-state index >= 15 is 0 Å². The van der Waals surface area contributed by atoms with Crippen LogP contribution in [0.15, 0.2) is 57.9 Å². The van der Waals surface area contributed by atoms with Crippen molar-refractivity contribution in [2.24, 2.45) is 5.84 Å². The number of thioether (sulfide) groups is 1. The molecule has 5 heteroatoms. The summed E-state index contributed by atoms with van der Waals surface area (Å²) in [4.78, 5) is 1.15. The summed E-state index contributed by atoms with van der Waals surface area (Å²) < 4.78 is 14.7. The maximum Gasteiger partial charge on any atom is 0.126 e. The van der Waals surface area contributed by atoms with Gasteiger partial charge in [-0.3, -0.25) is 11.3 Å². The Bertz CT molecular complexity index is 565.